The van der Waals surface area contributed by atoms with Gasteiger partial charge in [0.1, 0.15) is 0 Å². The molecule has 1 N–H and O–H groups in total. The second-order valence-electron chi connectivity index (χ2n) is 5.50. The summed E-state index contributed by atoms with van der Waals surface area (Å²) in [5.74, 6) is 0. The number of benzene rings is 2. The number of aryl methyl sites for hydroxylation is 2. The summed E-state index contributed by atoms with van der Waals surface area (Å²) in [6.45, 7) is 5.66. The van der Waals surface area contributed by atoms with Crippen molar-refractivity contribution in [3.05, 3.63) is 70.8 Å². The minimum Gasteiger partial charge on any atom is -0.387 e. The van der Waals surface area contributed by atoms with E-state index in [1.54, 1.807) is 0 Å². The first kappa shape index (κ1) is 14.8. The van der Waals surface area contributed by atoms with E-state index in [1.165, 1.54) is 11.1 Å². The minimum atomic E-state index is -0.440. The Morgan fingerprint density at radius 3 is 2.20 bits per heavy atom. The number of aliphatic hydroxyl groups excluding tert-OH is 1. The van der Waals surface area contributed by atoms with Gasteiger partial charge in [-0.15, -0.1) is 0 Å². The van der Waals surface area contributed by atoms with E-state index in [0.29, 0.717) is 6.54 Å². The lowest BCUT2D eigenvalue weighted by atomic mass is 10.0. The summed E-state index contributed by atoms with van der Waals surface area (Å²) in [6.07, 6.45) is -0.440. The van der Waals surface area contributed by atoms with Gasteiger partial charge in [-0.05, 0) is 43.1 Å². The Balaban J connectivity index is 2.00. The van der Waals surface area contributed by atoms with Crippen LogP contribution >= 0.6 is 0 Å². The zero-order valence-corrected chi connectivity index (χ0v) is 12.5. The second-order valence-corrected chi connectivity index (χ2v) is 5.50. The molecule has 0 saturated carbocycles. The van der Waals surface area contributed by atoms with Crippen LogP contribution in [0.15, 0.2) is 48.5 Å². The van der Waals surface area contributed by atoms with Gasteiger partial charge in [0.25, 0.3) is 0 Å². The third-order valence-corrected chi connectivity index (χ3v) is 3.73. The van der Waals surface area contributed by atoms with Gasteiger partial charge >= 0.3 is 0 Å². The molecule has 0 aliphatic carbocycles. The molecular weight excluding hydrogens is 246 g/mol. The van der Waals surface area contributed by atoms with E-state index in [9.17, 15) is 5.11 Å². The standard InChI is InChI=1S/C18H23NO/c1-14-8-4-6-10-16(14)12-19(3)13-18(20)17-11-7-5-9-15(17)2/h4-11,18,20H,12-13H2,1-3H3. The molecule has 0 heterocycles. The summed E-state index contributed by atoms with van der Waals surface area (Å²) in [5, 5.41) is 10.4. The van der Waals surface area contributed by atoms with E-state index in [-0.39, 0.29) is 0 Å². The summed E-state index contributed by atoms with van der Waals surface area (Å²) in [6, 6.07) is 16.4. The van der Waals surface area contributed by atoms with Gasteiger partial charge in [0.2, 0.25) is 0 Å². The smallest absolute Gasteiger partial charge is 0.0919 e. The van der Waals surface area contributed by atoms with Crippen LogP contribution in [0.3, 0.4) is 0 Å². The fourth-order valence-electron chi connectivity index (χ4n) is 2.50. The number of hydrogen-bond acceptors (Lipinski definition) is 2. The molecule has 2 aromatic rings. The van der Waals surface area contributed by atoms with Gasteiger partial charge in [-0.1, -0.05) is 48.5 Å². The summed E-state index contributed by atoms with van der Waals surface area (Å²) >= 11 is 0. The van der Waals surface area contributed by atoms with E-state index in [1.807, 2.05) is 38.2 Å². The van der Waals surface area contributed by atoms with Gasteiger partial charge in [0.15, 0.2) is 0 Å². The predicted molar refractivity (Wildman–Crippen MR) is 83.7 cm³/mol. The zero-order chi connectivity index (χ0) is 14.5. The summed E-state index contributed by atoms with van der Waals surface area (Å²) in [7, 11) is 2.05. The lowest BCUT2D eigenvalue weighted by molar-refractivity contribution is 0.123. The Morgan fingerprint density at radius 2 is 1.55 bits per heavy atom. The molecular formula is C18H23NO. The molecule has 0 spiro atoms. The number of hydrogen-bond donors (Lipinski definition) is 1. The fraction of sp³-hybridized carbons (Fsp3) is 0.333. The van der Waals surface area contributed by atoms with E-state index in [4.69, 9.17) is 0 Å². The maximum absolute atomic E-state index is 10.4. The van der Waals surface area contributed by atoms with Crippen LogP contribution in [0.25, 0.3) is 0 Å². The molecule has 0 radical (unpaired) electrons. The van der Waals surface area contributed by atoms with Gasteiger partial charge in [-0.25, -0.2) is 0 Å². The molecule has 2 heteroatoms. The van der Waals surface area contributed by atoms with Gasteiger partial charge in [-0.2, -0.15) is 0 Å². The van der Waals surface area contributed by atoms with E-state index < -0.39 is 6.10 Å². The quantitative estimate of drug-likeness (QED) is 0.898. The normalized spacial score (nSPS) is 12.7. The van der Waals surface area contributed by atoms with Crippen molar-refractivity contribution in [2.75, 3.05) is 13.6 Å². The molecule has 1 atom stereocenters. The Morgan fingerprint density at radius 1 is 0.950 bits per heavy atom. The first-order valence-corrected chi connectivity index (χ1v) is 7.04. The Bertz CT molecular complexity index is 565. The molecule has 2 aromatic carbocycles. The van der Waals surface area contributed by atoms with Crippen LogP contribution < -0.4 is 0 Å². The summed E-state index contributed by atoms with van der Waals surface area (Å²) in [5.41, 5.74) is 4.77. The average molecular weight is 269 g/mol. The molecule has 106 valence electrons. The fourth-order valence-corrected chi connectivity index (χ4v) is 2.50. The maximum Gasteiger partial charge on any atom is 0.0919 e. The van der Waals surface area contributed by atoms with Crippen molar-refractivity contribution < 1.29 is 5.11 Å². The number of rotatable bonds is 5. The second kappa shape index (κ2) is 6.69. The lowest BCUT2D eigenvalue weighted by Gasteiger charge is -2.22. The van der Waals surface area contributed by atoms with Gasteiger partial charge in [0.05, 0.1) is 6.10 Å². The van der Waals surface area contributed by atoms with Crippen molar-refractivity contribution in [1.29, 1.82) is 0 Å². The van der Waals surface area contributed by atoms with E-state index in [2.05, 4.69) is 36.1 Å². The average Bonchev–Trinajstić information content (AvgIpc) is 2.41. The first-order chi connectivity index (χ1) is 9.58. The van der Waals surface area contributed by atoms with Crippen molar-refractivity contribution in [2.45, 2.75) is 26.5 Å². The van der Waals surface area contributed by atoms with Crippen molar-refractivity contribution >= 4 is 0 Å². The molecule has 0 aliphatic rings. The Labute approximate surface area is 121 Å². The first-order valence-electron chi connectivity index (χ1n) is 7.04. The molecule has 20 heavy (non-hydrogen) atoms. The third kappa shape index (κ3) is 3.69. The Kier molecular flexibility index (Phi) is 4.94. The minimum absolute atomic E-state index is 0.440. The molecule has 0 saturated heterocycles. The highest BCUT2D eigenvalue weighted by atomic mass is 16.3. The van der Waals surface area contributed by atoms with Crippen LogP contribution in [-0.2, 0) is 6.54 Å². The van der Waals surface area contributed by atoms with E-state index in [0.717, 1.165) is 17.7 Å². The largest absolute Gasteiger partial charge is 0.387 e. The molecule has 0 fully saturated rings. The van der Waals surface area contributed by atoms with Crippen LogP contribution in [0, 0.1) is 13.8 Å². The van der Waals surface area contributed by atoms with E-state index >= 15 is 0 Å². The van der Waals surface area contributed by atoms with Gasteiger partial charge < -0.3 is 5.11 Å². The molecule has 2 rings (SSSR count). The monoisotopic (exact) mass is 269 g/mol. The van der Waals surface area contributed by atoms with Crippen molar-refractivity contribution in [3.63, 3.8) is 0 Å². The van der Waals surface area contributed by atoms with Gasteiger partial charge in [0, 0.05) is 13.1 Å². The molecule has 0 aliphatic heterocycles. The predicted octanol–water partition coefficient (Wildman–Crippen LogP) is 3.47. The molecule has 1 unspecified atom stereocenters. The highest BCUT2D eigenvalue weighted by Gasteiger charge is 2.13. The molecule has 0 aromatic heterocycles. The summed E-state index contributed by atoms with van der Waals surface area (Å²) in [4.78, 5) is 2.17. The van der Waals surface area contributed by atoms with Crippen LogP contribution in [0.1, 0.15) is 28.4 Å². The van der Waals surface area contributed by atoms with Gasteiger partial charge in [-0.3, -0.25) is 4.90 Å². The highest BCUT2D eigenvalue weighted by molar-refractivity contribution is 5.28. The maximum atomic E-state index is 10.4. The topological polar surface area (TPSA) is 23.5 Å². The van der Waals surface area contributed by atoms with Crippen LogP contribution in [0.4, 0.5) is 0 Å². The highest BCUT2D eigenvalue weighted by Crippen LogP contribution is 2.19. The van der Waals surface area contributed by atoms with Crippen molar-refractivity contribution in [3.8, 4) is 0 Å². The Hall–Kier alpha value is -1.64. The van der Waals surface area contributed by atoms with Crippen LogP contribution in [0.2, 0.25) is 0 Å². The number of nitrogens with zero attached hydrogens (tertiary/aromatic N) is 1. The number of likely N-dealkylation sites (N-methyl/N-ethyl adjacent to an activating group) is 1. The molecule has 0 amide bonds. The third-order valence-electron chi connectivity index (χ3n) is 3.73. The van der Waals surface area contributed by atoms with Crippen molar-refractivity contribution in [1.82, 2.24) is 4.90 Å². The number of aliphatic hydroxyl groups is 1. The molecule has 2 nitrogen and oxygen atoms in total. The van der Waals surface area contributed by atoms with Crippen LogP contribution in [-0.4, -0.2) is 23.6 Å². The lowest BCUT2D eigenvalue weighted by Crippen LogP contribution is -2.25. The van der Waals surface area contributed by atoms with Crippen LogP contribution in [0.5, 0.6) is 0 Å². The molecule has 0 bridgehead atoms. The SMILES string of the molecule is Cc1ccccc1CN(C)CC(O)c1ccccc1C. The zero-order valence-electron chi connectivity index (χ0n) is 12.5. The van der Waals surface area contributed by atoms with Crippen molar-refractivity contribution in [2.24, 2.45) is 0 Å². The summed E-state index contributed by atoms with van der Waals surface area (Å²) < 4.78 is 0.